The van der Waals surface area contributed by atoms with Crippen LogP contribution in [0.1, 0.15) is 0 Å². The van der Waals surface area contributed by atoms with Gasteiger partial charge in [0.2, 0.25) is 0 Å². The molecule has 2 rings (SSSR count). The van der Waals surface area contributed by atoms with Gasteiger partial charge in [0.15, 0.2) is 0 Å². The van der Waals surface area contributed by atoms with Crippen LogP contribution in [0.15, 0.2) is 30.5 Å². The summed E-state index contributed by atoms with van der Waals surface area (Å²) in [7, 11) is 0. The second-order valence-electron chi connectivity index (χ2n) is 2.32. The molecule has 0 atom stereocenters. The van der Waals surface area contributed by atoms with Crippen LogP contribution < -0.4 is 0 Å². The van der Waals surface area contributed by atoms with Crippen LogP contribution in [-0.2, 0) is 5.45 Å². The first-order chi connectivity index (χ1) is 5.42. The Labute approximate surface area is 89.5 Å². The number of alkyl halides is 1. The number of rotatable bonds is 1. The third kappa shape index (κ3) is 1.54. The summed E-state index contributed by atoms with van der Waals surface area (Å²) in [6, 6.07) is 8.15. The number of hydrogen-bond acceptors (Lipinski definition) is 1. The van der Waals surface area contributed by atoms with Crippen LogP contribution in [0.4, 0.5) is 0 Å². The third-order valence-electron chi connectivity index (χ3n) is 1.66. The minimum absolute atomic E-state index is 0. The molecule has 0 fully saturated rings. The Kier molecular flexibility index (Phi) is 3.29. The van der Waals surface area contributed by atoms with E-state index in [-0.39, 0.29) is 17.0 Å². The molecule has 0 spiro atoms. The van der Waals surface area contributed by atoms with Crippen LogP contribution in [-0.4, -0.2) is 9.78 Å². The fraction of sp³-hybridized carbons (Fsp3) is 0.125. The lowest BCUT2D eigenvalue weighted by Gasteiger charge is -1.94. The average Bonchev–Trinajstić information content (AvgIpc) is 2.47. The summed E-state index contributed by atoms with van der Waals surface area (Å²) in [4.78, 5) is 0. The molecule has 2 nitrogen and oxygen atoms in total. The first kappa shape index (κ1) is 9.74. The van der Waals surface area contributed by atoms with Crippen molar-refractivity contribution in [2.24, 2.45) is 0 Å². The third-order valence-corrected chi connectivity index (χ3v) is 2.14. The van der Waals surface area contributed by atoms with Gasteiger partial charge in [0.1, 0.15) is 0 Å². The SMILES string of the molecule is Br.BrCn1ncc2ccccc21. The van der Waals surface area contributed by atoms with Gasteiger partial charge in [-0.3, -0.25) is 4.68 Å². The van der Waals surface area contributed by atoms with Crippen molar-refractivity contribution in [3.05, 3.63) is 30.5 Å². The topological polar surface area (TPSA) is 17.8 Å². The number of halogens is 2. The van der Waals surface area contributed by atoms with E-state index in [0.29, 0.717) is 0 Å². The lowest BCUT2D eigenvalue weighted by molar-refractivity contribution is 0.788. The van der Waals surface area contributed by atoms with E-state index in [1.807, 2.05) is 23.0 Å². The van der Waals surface area contributed by atoms with Crippen molar-refractivity contribution in [1.82, 2.24) is 9.78 Å². The fourth-order valence-corrected chi connectivity index (χ4v) is 1.52. The average molecular weight is 292 g/mol. The van der Waals surface area contributed by atoms with Crippen molar-refractivity contribution in [3.8, 4) is 0 Å². The Morgan fingerprint density at radius 2 is 2.08 bits per heavy atom. The summed E-state index contributed by atoms with van der Waals surface area (Å²) < 4.78 is 1.91. The number of para-hydroxylation sites is 1. The Bertz CT molecular complexity index is 370. The lowest BCUT2D eigenvalue weighted by atomic mass is 10.3. The molecule has 64 valence electrons. The van der Waals surface area contributed by atoms with Crippen LogP contribution in [0.5, 0.6) is 0 Å². The summed E-state index contributed by atoms with van der Waals surface area (Å²) in [5.74, 6) is 0. The van der Waals surface area contributed by atoms with Gasteiger partial charge < -0.3 is 0 Å². The minimum Gasteiger partial charge on any atom is -0.254 e. The van der Waals surface area contributed by atoms with E-state index in [9.17, 15) is 0 Å². The largest absolute Gasteiger partial charge is 0.254 e. The molecule has 0 radical (unpaired) electrons. The minimum atomic E-state index is 0. The summed E-state index contributed by atoms with van der Waals surface area (Å²) in [6.45, 7) is 0. The maximum atomic E-state index is 4.18. The molecule has 4 heteroatoms. The fourth-order valence-electron chi connectivity index (χ4n) is 1.12. The van der Waals surface area contributed by atoms with Crippen molar-refractivity contribution in [1.29, 1.82) is 0 Å². The van der Waals surface area contributed by atoms with Crippen molar-refractivity contribution in [3.63, 3.8) is 0 Å². The Morgan fingerprint density at radius 1 is 1.33 bits per heavy atom. The smallest absolute Gasteiger partial charge is 0.0966 e. The van der Waals surface area contributed by atoms with Crippen molar-refractivity contribution in [2.45, 2.75) is 5.45 Å². The lowest BCUT2D eigenvalue weighted by Crippen LogP contribution is -1.91. The van der Waals surface area contributed by atoms with Crippen LogP contribution in [0, 0.1) is 0 Å². The maximum absolute atomic E-state index is 4.18. The standard InChI is InChI=1S/C8H7BrN2.BrH/c9-6-11-8-4-2-1-3-7(8)5-10-11;/h1-5H,6H2;1H. The van der Waals surface area contributed by atoms with Crippen LogP contribution in [0.3, 0.4) is 0 Å². The molecular weight excluding hydrogens is 284 g/mol. The van der Waals surface area contributed by atoms with Crippen LogP contribution in [0.25, 0.3) is 10.9 Å². The number of benzene rings is 1. The molecule has 1 heterocycles. The van der Waals surface area contributed by atoms with Gasteiger partial charge in [0.05, 0.1) is 17.2 Å². The van der Waals surface area contributed by atoms with Crippen molar-refractivity contribution in [2.75, 3.05) is 0 Å². The monoisotopic (exact) mass is 290 g/mol. The molecule has 0 aliphatic rings. The van der Waals surface area contributed by atoms with E-state index in [0.717, 1.165) is 5.45 Å². The van der Waals surface area contributed by atoms with E-state index >= 15 is 0 Å². The van der Waals surface area contributed by atoms with Gasteiger partial charge in [-0.25, -0.2) is 0 Å². The molecular formula is C8H8Br2N2. The number of aromatic nitrogens is 2. The van der Waals surface area contributed by atoms with E-state index in [4.69, 9.17) is 0 Å². The van der Waals surface area contributed by atoms with E-state index in [2.05, 4.69) is 33.2 Å². The second-order valence-corrected chi connectivity index (χ2v) is 2.82. The van der Waals surface area contributed by atoms with Crippen molar-refractivity contribution >= 4 is 43.8 Å². The molecule has 1 aromatic heterocycles. The highest BCUT2D eigenvalue weighted by molar-refractivity contribution is 9.08. The maximum Gasteiger partial charge on any atom is 0.0966 e. The summed E-state index contributed by atoms with van der Waals surface area (Å²) in [5, 5.41) is 5.37. The van der Waals surface area contributed by atoms with Gasteiger partial charge in [0, 0.05) is 5.39 Å². The van der Waals surface area contributed by atoms with E-state index in [1.165, 1.54) is 10.9 Å². The predicted molar refractivity (Wildman–Crippen MR) is 59.0 cm³/mol. The predicted octanol–water partition coefficient (Wildman–Crippen LogP) is 2.97. The Balaban J connectivity index is 0.000000720. The zero-order chi connectivity index (χ0) is 7.68. The number of nitrogens with zero attached hydrogens (tertiary/aromatic N) is 2. The molecule has 1 aromatic carbocycles. The van der Waals surface area contributed by atoms with E-state index < -0.39 is 0 Å². The van der Waals surface area contributed by atoms with Gasteiger partial charge in [-0.2, -0.15) is 5.10 Å². The highest BCUT2D eigenvalue weighted by atomic mass is 79.9. The molecule has 0 aliphatic heterocycles. The van der Waals surface area contributed by atoms with Crippen molar-refractivity contribution < 1.29 is 0 Å². The highest BCUT2D eigenvalue weighted by Crippen LogP contribution is 2.12. The molecule has 12 heavy (non-hydrogen) atoms. The normalized spacial score (nSPS) is 9.75. The van der Waals surface area contributed by atoms with Gasteiger partial charge in [-0.1, -0.05) is 34.1 Å². The molecule has 0 N–H and O–H groups in total. The Morgan fingerprint density at radius 3 is 2.83 bits per heavy atom. The first-order valence-corrected chi connectivity index (χ1v) is 4.50. The van der Waals surface area contributed by atoms with Gasteiger partial charge in [0.25, 0.3) is 0 Å². The molecule has 2 aromatic rings. The molecule has 0 amide bonds. The summed E-state index contributed by atoms with van der Waals surface area (Å²) in [5.41, 5.74) is 1.92. The first-order valence-electron chi connectivity index (χ1n) is 3.38. The van der Waals surface area contributed by atoms with Gasteiger partial charge >= 0.3 is 0 Å². The zero-order valence-corrected chi connectivity index (χ0v) is 9.57. The molecule has 0 saturated heterocycles. The summed E-state index contributed by atoms with van der Waals surface area (Å²) in [6.07, 6.45) is 1.87. The molecule has 0 unspecified atom stereocenters. The highest BCUT2D eigenvalue weighted by Gasteiger charge is 1.97. The van der Waals surface area contributed by atoms with Gasteiger partial charge in [-0.15, -0.1) is 17.0 Å². The summed E-state index contributed by atoms with van der Waals surface area (Å²) >= 11 is 3.36. The van der Waals surface area contributed by atoms with Crippen LogP contribution in [0.2, 0.25) is 0 Å². The number of hydrogen-bond donors (Lipinski definition) is 0. The quantitative estimate of drug-likeness (QED) is 0.739. The molecule has 0 saturated carbocycles. The number of fused-ring (bicyclic) bond motifs is 1. The van der Waals surface area contributed by atoms with Crippen LogP contribution >= 0.6 is 32.9 Å². The van der Waals surface area contributed by atoms with E-state index in [1.54, 1.807) is 0 Å². The molecule has 0 bridgehead atoms. The molecule has 0 aliphatic carbocycles. The zero-order valence-electron chi connectivity index (χ0n) is 6.27. The Hall–Kier alpha value is -0.350. The van der Waals surface area contributed by atoms with Gasteiger partial charge in [-0.05, 0) is 6.07 Å². The second kappa shape index (κ2) is 4.05.